The van der Waals surface area contributed by atoms with Crippen LogP contribution in [-0.4, -0.2) is 18.5 Å². The highest BCUT2D eigenvalue weighted by molar-refractivity contribution is 7.16. The molecule has 1 rings (SSSR count). The standard InChI is InChI=1S/C16H25NO3S/c1-5-7-8-9-10-13(18)17-15-14(16(19)20-6-2)11(3)12(4)21-15/h5-10H2,1-4H3,(H,17,18). The van der Waals surface area contributed by atoms with E-state index >= 15 is 0 Å². The number of ether oxygens (including phenoxy) is 1. The first-order valence-electron chi connectivity index (χ1n) is 7.58. The Hall–Kier alpha value is -1.36. The molecule has 1 aromatic heterocycles. The van der Waals surface area contributed by atoms with Crippen molar-refractivity contribution in [3.8, 4) is 0 Å². The molecule has 0 saturated carbocycles. The van der Waals surface area contributed by atoms with Crippen molar-refractivity contribution in [1.29, 1.82) is 0 Å². The molecule has 1 aromatic rings. The van der Waals surface area contributed by atoms with E-state index in [1.54, 1.807) is 6.92 Å². The molecule has 0 bridgehead atoms. The van der Waals surface area contributed by atoms with Crippen molar-refractivity contribution in [3.63, 3.8) is 0 Å². The fourth-order valence-electron chi connectivity index (χ4n) is 2.07. The number of hydrogen-bond donors (Lipinski definition) is 1. The fourth-order valence-corrected chi connectivity index (χ4v) is 3.13. The number of nitrogens with one attached hydrogen (secondary N) is 1. The zero-order valence-corrected chi connectivity index (χ0v) is 14.2. The smallest absolute Gasteiger partial charge is 0.341 e. The molecule has 0 unspecified atom stereocenters. The Balaban J connectivity index is 2.72. The Labute approximate surface area is 130 Å². The monoisotopic (exact) mass is 311 g/mol. The maximum absolute atomic E-state index is 12.0. The molecule has 0 fully saturated rings. The normalized spacial score (nSPS) is 10.5. The van der Waals surface area contributed by atoms with Crippen LogP contribution in [0.4, 0.5) is 5.00 Å². The summed E-state index contributed by atoms with van der Waals surface area (Å²) in [5, 5.41) is 3.48. The maximum Gasteiger partial charge on any atom is 0.341 e. The Morgan fingerprint density at radius 3 is 2.48 bits per heavy atom. The molecule has 118 valence electrons. The van der Waals surface area contributed by atoms with Gasteiger partial charge in [-0.3, -0.25) is 4.79 Å². The zero-order valence-electron chi connectivity index (χ0n) is 13.4. The van der Waals surface area contributed by atoms with Crippen LogP contribution in [0, 0.1) is 13.8 Å². The van der Waals surface area contributed by atoms with Crippen molar-refractivity contribution in [1.82, 2.24) is 0 Å². The van der Waals surface area contributed by atoms with Gasteiger partial charge in [-0.1, -0.05) is 26.2 Å². The van der Waals surface area contributed by atoms with Gasteiger partial charge < -0.3 is 10.1 Å². The van der Waals surface area contributed by atoms with Crippen molar-refractivity contribution in [2.75, 3.05) is 11.9 Å². The quantitative estimate of drug-likeness (QED) is 0.570. The molecule has 1 amide bonds. The minimum Gasteiger partial charge on any atom is -0.462 e. The molecule has 0 aliphatic rings. The van der Waals surface area contributed by atoms with Gasteiger partial charge in [0, 0.05) is 11.3 Å². The predicted octanol–water partition coefficient (Wildman–Crippen LogP) is 4.45. The molecule has 4 nitrogen and oxygen atoms in total. The molecule has 0 atom stereocenters. The number of carbonyl (C=O) groups excluding carboxylic acids is 2. The van der Waals surface area contributed by atoms with E-state index in [9.17, 15) is 9.59 Å². The van der Waals surface area contributed by atoms with Crippen molar-refractivity contribution in [3.05, 3.63) is 16.0 Å². The molecule has 1 N–H and O–H groups in total. The average Bonchev–Trinajstić information content (AvgIpc) is 2.70. The van der Waals surface area contributed by atoms with Crippen molar-refractivity contribution >= 4 is 28.2 Å². The molecule has 21 heavy (non-hydrogen) atoms. The summed E-state index contributed by atoms with van der Waals surface area (Å²) in [5.74, 6) is -0.390. The van der Waals surface area contributed by atoms with Crippen LogP contribution in [0.25, 0.3) is 0 Å². The van der Waals surface area contributed by atoms with Crippen LogP contribution in [-0.2, 0) is 9.53 Å². The second-order valence-corrected chi connectivity index (χ2v) is 6.29. The third-order valence-corrected chi connectivity index (χ3v) is 4.50. The second kappa shape index (κ2) is 8.82. The van der Waals surface area contributed by atoms with Crippen LogP contribution in [0.3, 0.4) is 0 Å². The average molecular weight is 311 g/mol. The summed E-state index contributed by atoms with van der Waals surface area (Å²) < 4.78 is 5.07. The molecule has 0 aliphatic heterocycles. The fraction of sp³-hybridized carbons (Fsp3) is 0.625. The number of hydrogen-bond acceptors (Lipinski definition) is 4. The van der Waals surface area contributed by atoms with Crippen LogP contribution < -0.4 is 5.32 Å². The van der Waals surface area contributed by atoms with Gasteiger partial charge in [0.1, 0.15) is 5.00 Å². The Kier molecular flexibility index (Phi) is 7.43. The third kappa shape index (κ3) is 5.16. The second-order valence-electron chi connectivity index (χ2n) is 5.07. The molecule has 0 spiro atoms. The summed E-state index contributed by atoms with van der Waals surface area (Å²) in [4.78, 5) is 25.0. The van der Waals surface area contributed by atoms with Crippen LogP contribution in [0.1, 0.15) is 66.8 Å². The number of thiophene rings is 1. The largest absolute Gasteiger partial charge is 0.462 e. The number of unbranched alkanes of at least 4 members (excludes halogenated alkanes) is 3. The van der Waals surface area contributed by atoms with Crippen LogP contribution in [0.15, 0.2) is 0 Å². The Morgan fingerprint density at radius 2 is 1.86 bits per heavy atom. The minimum absolute atomic E-state index is 0.0297. The first-order chi connectivity index (χ1) is 10.0. The van der Waals surface area contributed by atoms with E-state index in [1.165, 1.54) is 11.3 Å². The molecule has 1 heterocycles. The van der Waals surface area contributed by atoms with Crippen molar-refractivity contribution in [2.24, 2.45) is 0 Å². The van der Waals surface area contributed by atoms with Gasteiger partial charge in [0.2, 0.25) is 5.91 Å². The lowest BCUT2D eigenvalue weighted by molar-refractivity contribution is -0.116. The van der Waals surface area contributed by atoms with Gasteiger partial charge in [-0.05, 0) is 32.8 Å². The summed E-state index contributed by atoms with van der Waals surface area (Å²) in [6.45, 7) is 8.08. The molecule has 0 saturated heterocycles. The highest BCUT2D eigenvalue weighted by Crippen LogP contribution is 2.33. The first-order valence-corrected chi connectivity index (χ1v) is 8.39. The summed E-state index contributed by atoms with van der Waals surface area (Å²) >= 11 is 1.43. The molecule has 0 aromatic carbocycles. The Bertz CT molecular complexity index is 494. The van der Waals surface area contributed by atoms with Gasteiger partial charge in [0.05, 0.1) is 12.2 Å². The zero-order chi connectivity index (χ0) is 15.8. The van der Waals surface area contributed by atoms with Crippen molar-refractivity contribution in [2.45, 2.75) is 59.8 Å². The van der Waals surface area contributed by atoms with Gasteiger partial charge in [0.15, 0.2) is 0 Å². The highest BCUT2D eigenvalue weighted by Gasteiger charge is 2.21. The van der Waals surface area contributed by atoms with Crippen LogP contribution >= 0.6 is 11.3 Å². The SMILES string of the molecule is CCCCCCC(=O)Nc1sc(C)c(C)c1C(=O)OCC. The number of rotatable bonds is 8. The van der Waals surface area contributed by atoms with E-state index in [0.29, 0.717) is 23.6 Å². The summed E-state index contributed by atoms with van der Waals surface area (Å²) in [7, 11) is 0. The summed E-state index contributed by atoms with van der Waals surface area (Å²) in [6.07, 6.45) is 4.75. The molecular formula is C16H25NO3S. The molecular weight excluding hydrogens is 286 g/mol. The van der Waals surface area contributed by atoms with Gasteiger partial charge in [-0.25, -0.2) is 4.79 Å². The van der Waals surface area contributed by atoms with Gasteiger partial charge in [-0.15, -0.1) is 11.3 Å². The summed E-state index contributed by atoms with van der Waals surface area (Å²) in [5.41, 5.74) is 1.39. The van der Waals surface area contributed by atoms with Gasteiger partial charge >= 0.3 is 5.97 Å². The first kappa shape index (κ1) is 17.7. The van der Waals surface area contributed by atoms with E-state index in [1.807, 2.05) is 13.8 Å². The van der Waals surface area contributed by atoms with Gasteiger partial charge in [-0.2, -0.15) is 0 Å². The number of carbonyl (C=O) groups is 2. The van der Waals surface area contributed by atoms with Crippen molar-refractivity contribution < 1.29 is 14.3 Å². The lowest BCUT2D eigenvalue weighted by Crippen LogP contribution is -2.14. The number of amides is 1. The van der Waals surface area contributed by atoms with E-state index < -0.39 is 0 Å². The lowest BCUT2D eigenvalue weighted by atomic mass is 10.1. The number of anilines is 1. The topological polar surface area (TPSA) is 55.4 Å². The van der Waals surface area contributed by atoms with E-state index in [-0.39, 0.29) is 11.9 Å². The molecule has 0 aliphatic carbocycles. The highest BCUT2D eigenvalue weighted by atomic mass is 32.1. The Morgan fingerprint density at radius 1 is 1.14 bits per heavy atom. The number of aryl methyl sites for hydroxylation is 1. The minimum atomic E-state index is -0.361. The van der Waals surface area contributed by atoms with Crippen LogP contribution in [0.5, 0.6) is 0 Å². The van der Waals surface area contributed by atoms with E-state index in [2.05, 4.69) is 12.2 Å². The van der Waals surface area contributed by atoms with E-state index in [0.717, 1.165) is 36.1 Å². The van der Waals surface area contributed by atoms with Gasteiger partial charge in [0.25, 0.3) is 0 Å². The predicted molar refractivity (Wildman–Crippen MR) is 87.1 cm³/mol. The third-order valence-electron chi connectivity index (χ3n) is 3.38. The lowest BCUT2D eigenvalue weighted by Gasteiger charge is -2.07. The van der Waals surface area contributed by atoms with E-state index in [4.69, 9.17) is 4.74 Å². The molecule has 5 heteroatoms. The van der Waals surface area contributed by atoms with Crippen LogP contribution in [0.2, 0.25) is 0 Å². The molecule has 0 radical (unpaired) electrons. The maximum atomic E-state index is 12.0. The number of esters is 1. The summed E-state index contributed by atoms with van der Waals surface area (Å²) in [6, 6.07) is 0.